The van der Waals surface area contributed by atoms with Gasteiger partial charge in [0, 0.05) is 18.3 Å². The van der Waals surface area contributed by atoms with E-state index in [0.717, 1.165) is 36.9 Å². The Kier molecular flexibility index (Phi) is 7.78. The van der Waals surface area contributed by atoms with Crippen molar-refractivity contribution in [2.24, 2.45) is 5.92 Å². The number of rotatable bonds is 9. The fraction of sp³-hybridized carbons (Fsp3) is 0.706. The molecule has 0 saturated heterocycles. The van der Waals surface area contributed by atoms with Crippen LogP contribution in [0.15, 0.2) is 18.2 Å². The molecule has 3 heteroatoms. The van der Waals surface area contributed by atoms with Crippen LogP contribution >= 0.6 is 0 Å². The van der Waals surface area contributed by atoms with Crippen molar-refractivity contribution < 1.29 is 0 Å². The van der Waals surface area contributed by atoms with Crippen molar-refractivity contribution in [3.63, 3.8) is 0 Å². The molecule has 1 N–H and O–H groups in total. The molecule has 0 aliphatic carbocycles. The molecule has 0 aliphatic heterocycles. The lowest BCUT2D eigenvalue weighted by molar-refractivity contribution is 0.231. The molecule has 1 unspecified atom stereocenters. The monoisotopic (exact) mass is 277 g/mol. The highest BCUT2D eigenvalue weighted by atomic mass is 15.1. The van der Waals surface area contributed by atoms with Gasteiger partial charge in [-0.25, -0.2) is 0 Å². The van der Waals surface area contributed by atoms with Gasteiger partial charge in [-0.1, -0.05) is 19.9 Å². The van der Waals surface area contributed by atoms with Crippen molar-refractivity contribution in [1.82, 2.24) is 15.2 Å². The molecule has 0 aliphatic rings. The number of nitrogens with one attached hydrogen (secondary N) is 1. The summed E-state index contributed by atoms with van der Waals surface area (Å²) >= 11 is 0. The Balaban J connectivity index is 2.23. The molecule has 1 rings (SSSR count). The first kappa shape index (κ1) is 17.1. The van der Waals surface area contributed by atoms with Crippen LogP contribution in [0, 0.1) is 12.8 Å². The molecule has 3 nitrogen and oxygen atoms in total. The lowest BCUT2D eigenvalue weighted by Gasteiger charge is -2.24. The van der Waals surface area contributed by atoms with E-state index in [-0.39, 0.29) is 0 Å². The zero-order valence-corrected chi connectivity index (χ0v) is 13.8. The molecule has 114 valence electrons. The van der Waals surface area contributed by atoms with Crippen LogP contribution in [0.1, 0.15) is 45.0 Å². The summed E-state index contributed by atoms with van der Waals surface area (Å²) in [6.07, 6.45) is 2.47. The number of hydrogen-bond donors (Lipinski definition) is 1. The summed E-state index contributed by atoms with van der Waals surface area (Å²) < 4.78 is 0. The lowest BCUT2D eigenvalue weighted by atomic mass is 10.1. The van der Waals surface area contributed by atoms with Crippen LogP contribution in [-0.4, -0.2) is 36.1 Å². The highest BCUT2D eigenvalue weighted by Crippen LogP contribution is 2.09. The Morgan fingerprint density at radius 2 is 2.00 bits per heavy atom. The van der Waals surface area contributed by atoms with Gasteiger partial charge in [0.05, 0.1) is 5.69 Å². The summed E-state index contributed by atoms with van der Waals surface area (Å²) in [6, 6.07) is 6.85. The van der Waals surface area contributed by atoms with Crippen LogP contribution in [0.5, 0.6) is 0 Å². The zero-order chi connectivity index (χ0) is 15.0. The van der Waals surface area contributed by atoms with Crippen LogP contribution in [0.3, 0.4) is 0 Å². The van der Waals surface area contributed by atoms with Gasteiger partial charge >= 0.3 is 0 Å². The van der Waals surface area contributed by atoms with Gasteiger partial charge in [-0.05, 0) is 64.9 Å². The summed E-state index contributed by atoms with van der Waals surface area (Å²) in [6.45, 7) is 12.0. The van der Waals surface area contributed by atoms with E-state index in [1.54, 1.807) is 0 Å². The Morgan fingerprint density at radius 3 is 2.65 bits per heavy atom. The molecule has 1 heterocycles. The van der Waals surface area contributed by atoms with Gasteiger partial charge in [0.25, 0.3) is 0 Å². The molecule has 0 bridgehead atoms. The maximum absolute atomic E-state index is 4.57. The first-order chi connectivity index (χ1) is 9.49. The fourth-order valence-corrected chi connectivity index (χ4v) is 2.23. The maximum Gasteiger partial charge on any atom is 0.0547 e. The summed E-state index contributed by atoms with van der Waals surface area (Å²) in [5.74, 6) is 0.738. The molecule has 1 aromatic rings. The highest BCUT2D eigenvalue weighted by molar-refractivity contribution is 5.09. The average molecular weight is 277 g/mol. The minimum atomic E-state index is 0.596. The molecule has 0 amide bonds. The van der Waals surface area contributed by atoms with Gasteiger partial charge in [-0.3, -0.25) is 9.88 Å². The van der Waals surface area contributed by atoms with Crippen molar-refractivity contribution in [3.05, 3.63) is 29.6 Å². The van der Waals surface area contributed by atoms with Gasteiger partial charge in [0.1, 0.15) is 0 Å². The normalized spacial score (nSPS) is 13.2. The third-order valence-corrected chi connectivity index (χ3v) is 3.64. The third kappa shape index (κ3) is 7.01. The minimum Gasteiger partial charge on any atom is -0.316 e. The summed E-state index contributed by atoms with van der Waals surface area (Å²) in [4.78, 5) is 6.96. The molecule has 0 aromatic carbocycles. The molecule has 0 saturated carbocycles. The summed E-state index contributed by atoms with van der Waals surface area (Å²) in [5, 5.41) is 3.51. The number of hydrogen-bond acceptors (Lipinski definition) is 3. The van der Waals surface area contributed by atoms with E-state index in [4.69, 9.17) is 0 Å². The largest absolute Gasteiger partial charge is 0.316 e. The second-order valence-electron chi connectivity index (χ2n) is 6.27. The van der Waals surface area contributed by atoms with Crippen molar-refractivity contribution in [2.75, 3.05) is 20.1 Å². The predicted octanol–water partition coefficient (Wildman–Crippen LogP) is 3.24. The molecular weight excluding hydrogens is 246 g/mol. The lowest BCUT2D eigenvalue weighted by Crippen LogP contribution is -2.30. The molecule has 1 atom stereocenters. The van der Waals surface area contributed by atoms with E-state index in [1.165, 1.54) is 12.8 Å². The predicted molar refractivity (Wildman–Crippen MR) is 86.8 cm³/mol. The van der Waals surface area contributed by atoms with E-state index in [0.29, 0.717) is 6.04 Å². The molecule has 1 aromatic heterocycles. The van der Waals surface area contributed by atoms with E-state index in [2.05, 4.69) is 55.2 Å². The van der Waals surface area contributed by atoms with E-state index in [9.17, 15) is 0 Å². The van der Waals surface area contributed by atoms with Crippen LogP contribution in [0.4, 0.5) is 0 Å². The van der Waals surface area contributed by atoms with Gasteiger partial charge in [-0.15, -0.1) is 0 Å². The van der Waals surface area contributed by atoms with Crippen molar-refractivity contribution in [1.29, 1.82) is 0 Å². The Hall–Kier alpha value is -0.930. The summed E-state index contributed by atoms with van der Waals surface area (Å²) in [5.41, 5.74) is 2.26. The van der Waals surface area contributed by atoms with Crippen LogP contribution in [0.25, 0.3) is 0 Å². The van der Waals surface area contributed by atoms with Gasteiger partial charge in [-0.2, -0.15) is 0 Å². The van der Waals surface area contributed by atoms with Crippen molar-refractivity contribution in [2.45, 2.75) is 53.1 Å². The second-order valence-corrected chi connectivity index (χ2v) is 6.27. The van der Waals surface area contributed by atoms with Crippen LogP contribution in [0.2, 0.25) is 0 Å². The van der Waals surface area contributed by atoms with E-state index < -0.39 is 0 Å². The van der Waals surface area contributed by atoms with Crippen molar-refractivity contribution in [3.8, 4) is 0 Å². The fourth-order valence-electron chi connectivity index (χ4n) is 2.23. The maximum atomic E-state index is 4.57. The molecule has 0 radical (unpaired) electrons. The summed E-state index contributed by atoms with van der Waals surface area (Å²) in [7, 11) is 2.19. The van der Waals surface area contributed by atoms with Crippen LogP contribution < -0.4 is 5.32 Å². The zero-order valence-electron chi connectivity index (χ0n) is 13.8. The number of aromatic nitrogens is 1. The standard InChI is InChI=1S/C17H31N3/c1-14(2)12-18-11-7-9-16(4)20(5)13-17-10-6-8-15(3)19-17/h6,8,10,14,16,18H,7,9,11-13H2,1-5H3. The quantitative estimate of drug-likeness (QED) is 0.702. The Morgan fingerprint density at radius 1 is 1.25 bits per heavy atom. The number of pyridine rings is 1. The van der Waals surface area contributed by atoms with Gasteiger partial charge in [0.2, 0.25) is 0 Å². The SMILES string of the molecule is Cc1cccc(CN(C)C(C)CCCNCC(C)C)n1. The Labute approximate surface area is 124 Å². The van der Waals surface area contributed by atoms with E-state index >= 15 is 0 Å². The molecule has 0 spiro atoms. The second kappa shape index (κ2) is 9.09. The first-order valence-electron chi connectivity index (χ1n) is 7.82. The van der Waals surface area contributed by atoms with Gasteiger partial charge < -0.3 is 5.32 Å². The van der Waals surface area contributed by atoms with Crippen molar-refractivity contribution >= 4 is 0 Å². The first-order valence-corrected chi connectivity index (χ1v) is 7.82. The highest BCUT2D eigenvalue weighted by Gasteiger charge is 2.10. The molecule has 20 heavy (non-hydrogen) atoms. The van der Waals surface area contributed by atoms with Crippen LogP contribution in [-0.2, 0) is 6.54 Å². The average Bonchev–Trinajstić information content (AvgIpc) is 2.37. The number of aryl methyl sites for hydroxylation is 1. The topological polar surface area (TPSA) is 28.2 Å². The Bertz CT molecular complexity index is 376. The molecular formula is C17H31N3. The third-order valence-electron chi connectivity index (χ3n) is 3.64. The smallest absolute Gasteiger partial charge is 0.0547 e. The van der Waals surface area contributed by atoms with E-state index in [1.807, 2.05) is 13.0 Å². The number of nitrogens with zero attached hydrogens (tertiary/aromatic N) is 2. The molecule has 0 fully saturated rings. The minimum absolute atomic E-state index is 0.596. The van der Waals surface area contributed by atoms with Gasteiger partial charge in [0.15, 0.2) is 0 Å².